The predicted molar refractivity (Wildman–Crippen MR) is 66.6 cm³/mol. The monoisotopic (exact) mass is 231 g/mol. The minimum absolute atomic E-state index is 0.0236. The van der Waals surface area contributed by atoms with Gasteiger partial charge in [-0.05, 0) is 17.0 Å². The van der Waals surface area contributed by atoms with Crippen molar-refractivity contribution < 1.29 is 4.74 Å². The summed E-state index contributed by atoms with van der Waals surface area (Å²) < 4.78 is 7.17. The van der Waals surface area contributed by atoms with E-state index in [1.807, 2.05) is 18.3 Å². The molecule has 1 heterocycles. The topological polar surface area (TPSA) is 39.9 Å². The van der Waals surface area contributed by atoms with Gasteiger partial charge in [-0.25, -0.2) is 4.68 Å². The Hall–Kier alpha value is -1.84. The summed E-state index contributed by atoms with van der Waals surface area (Å²) >= 11 is 0. The predicted octanol–water partition coefficient (Wildman–Crippen LogP) is 2.57. The van der Waals surface area contributed by atoms with Gasteiger partial charge in [-0.3, -0.25) is 0 Å². The van der Waals surface area contributed by atoms with Crippen LogP contribution in [-0.2, 0) is 5.41 Å². The first kappa shape index (κ1) is 11.6. The number of methoxy groups -OCH3 is 1. The van der Waals surface area contributed by atoms with E-state index in [9.17, 15) is 0 Å². The average molecular weight is 231 g/mol. The molecule has 0 N–H and O–H groups in total. The van der Waals surface area contributed by atoms with Crippen LogP contribution in [0, 0.1) is 0 Å². The van der Waals surface area contributed by atoms with Crippen molar-refractivity contribution >= 4 is 0 Å². The normalized spacial score (nSPS) is 11.5. The molecule has 4 heteroatoms. The van der Waals surface area contributed by atoms with E-state index in [0.29, 0.717) is 0 Å². The molecule has 90 valence electrons. The summed E-state index contributed by atoms with van der Waals surface area (Å²) in [5, 5.41) is 7.91. The molecule has 0 aliphatic rings. The molecule has 0 aliphatic heterocycles. The van der Waals surface area contributed by atoms with E-state index in [2.05, 4.69) is 37.1 Å². The zero-order valence-corrected chi connectivity index (χ0v) is 10.6. The van der Waals surface area contributed by atoms with Crippen LogP contribution in [0.3, 0.4) is 0 Å². The number of nitrogens with zero attached hydrogens (tertiary/aromatic N) is 3. The maximum absolute atomic E-state index is 5.42. The van der Waals surface area contributed by atoms with Crippen LogP contribution in [0.25, 0.3) is 5.69 Å². The average Bonchev–Trinajstić information content (AvgIpc) is 2.80. The molecule has 0 aliphatic carbocycles. The highest BCUT2D eigenvalue weighted by atomic mass is 16.5. The molecule has 1 aromatic heterocycles. The number of ether oxygens (including phenoxy) is 1. The Morgan fingerprint density at radius 2 is 2.00 bits per heavy atom. The Labute approximate surface area is 101 Å². The zero-order chi connectivity index (χ0) is 12.5. The molecule has 0 radical (unpaired) electrons. The lowest BCUT2D eigenvalue weighted by atomic mass is 9.85. The molecular weight excluding hydrogens is 214 g/mol. The maximum Gasteiger partial charge on any atom is 0.144 e. The summed E-state index contributed by atoms with van der Waals surface area (Å²) in [7, 11) is 1.67. The summed E-state index contributed by atoms with van der Waals surface area (Å²) in [6.07, 6.45) is 3.49. The maximum atomic E-state index is 5.42. The number of hydrogen-bond acceptors (Lipinski definition) is 3. The van der Waals surface area contributed by atoms with Gasteiger partial charge in [0.1, 0.15) is 11.4 Å². The third-order valence-electron chi connectivity index (χ3n) is 2.68. The van der Waals surface area contributed by atoms with Crippen molar-refractivity contribution in [1.29, 1.82) is 0 Å². The molecule has 0 spiro atoms. The smallest absolute Gasteiger partial charge is 0.144 e. The molecule has 0 saturated heterocycles. The van der Waals surface area contributed by atoms with E-state index in [1.165, 1.54) is 5.56 Å². The van der Waals surface area contributed by atoms with Gasteiger partial charge in [-0.1, -0.05) is 38.1 Å². The first-order valence-corrected chi connectivity index (χ1v) is 5.58. The highest BCUT2D eigenvalue weighted by molar-refractivity contribution is 5.54. The highest BCUT2D eigenvalue weighted by Gasteiger charge is 2.22. The molecule has 17 heavy (non-hydrogen) atoms. The first-order valence-electron chi connectivity index (χ1n) is 5.58. The van der Waals surface area contributed by atoms with Gasteiger partial charge in [-0.2, -0.15) is 0 Å². The second kappa shape index (κ2) is 4.20. The fraction of sp³-hybridized carbons (Fsp3) is 0.385. The van der Waals surface area contributed by atoms with Gasteiger partial charge < -0.3 is 4.74 Å². The van der Waals surface area contributed by atoms with Crippen molar-refractivity contribution in [3.05, 3.63) is 36.2 Å². The largest absolute Gasteiger partial charge is 0.494 e. The number of hydrogen-bond donors (Lipinski definition) is 0. The molecule has 2 aromatic rings. The minimum Gasteiger partial charge on any atom is -0.494 e. The van der Waals surface area contributed by atoms with Gasteiger partial charge in [-0.15, -0.1) is 5.10 Å². The van der Waals surface area contributed by atoms with Gasteiger partial charge >= 0.3 is 0 Å². The van der Waals surface area contributed by atoms with E-state index < -0.39 is 0 Å². The van der Waals surface area contributed by atoms with Gasteiger partial charge in [0.2, 0.25) is 0 Å². The van der Waals surface area contributed by atoms with Crippen molar-refractivity contribution in [3.8, 4) is 11.4 Å². The van der Waals surface area contributed by atoms with Gasteiger partial charge in [0, 0.05) is 0 Å². The lowest BCUT2D eigenvalue weighted by Gasteiger charge is -2.23. The quantitative estimate of drug-likeness (QED) is 0.797. The van der Waals surface area contributed by atoms with Crippen LogP contribution in [0.15, 0.2) is 30.6 Å². The number of benzene rings is 1. The molecule has 0 amide bonds. The second-order valence-electron chi connectivity index (χ2n) is 4.95. The Bertz CT molecular complexity index is 498. The lowest BCUT2D eigenvalue weighted by Crippen LogP contribution is -2.16. The third kappa shape index (κ3) is 2.16. The molecular formula is C13H17N3O. The molecule has 0 saturated carbocycles. The Kier molecular flexibility index (Phi) is 2.88. The standard InChI is InChI=1S/C13H17N3O/c1-13(2,3)10-6-5-7-11(17-4)12(10)16-9-8-14-15-16/h5-9H,1-4H3. The van der Waals surface area contributed by atoms with Crippen LogP contribution < -0.4 is 4.74 Å². The van der Waals surface area contributed by atoms with Crippen molar-refractivity contribution in [3.63, 3.8) is 0 Å². The Morgan fingerprint density at radius 3 is 2.53 bits per heavy atom. The lowest BCUT2D eigenvalue weighted by molar-refractivity contribution is 0.408. The van der Waals surface area contributed by atoms with E-state index in [4.69, 9.17) is 4.74 Å². The molecule has 4 nitrogen and oxygen atoms in total. The van der Waals surface area contributed by atoms with Crippen LogP contribution in [0.4, 0.5) is 0 Å². The van der Waals surface area contributed by atoms with Crippen molar-refractivity contribution in [1.82, 2.24) is 15.0 Å². The fourth-order valence-electron chi connectivity index (χ4n) is 1.86. The minimum atomic E-state index is 0.0236. The van der Waals surface area contributed by atoms with E-state index in [0.717, 1.165) is 11.4 Å². The van der Waals surface area contributed by atoms with E-state index in [-0.39, 0.29) is 5.41 Å². The highest BCUT2D eigenvalue weighted by Crippen LogP contribution is 2.33. The van der Waals surface area contributed by atoms with Crippen LogP contribution in [-0.4, -0.2) is 22.1 Å². The molecule has 0 unspecified atom stereocenters. The number of rotatable bonds is 2. The zero-order valence-electron chi connectivity index (χ0n) is 10.6. The van der Waals surface area contributed by atoms with Crippen molar-refractivity contribution in [2.75, 3.05) is 7.11 Å². The van der Waals surface area contributed by atoms with Crippen LogP contribution in [0.2, 0.25) is 0 Å². The summed E-state index contributed by atoms with van der Waals surface area (Å²) in [5.74, 6) is 0.808. The molecule has 1 aromatic carbocycles. The Morgan fingerprint density at radius 1 is 1.24 bits per heavy atom. The van der Waals surface area contributed by atoms with Gasteiger partial charge in [0.05, 0.1) is 19.5 Å². The SMILES string of the molecule is COc1cccc(C(C)(C)C)c1-n1ccnn1. The van der Waals surface area contributed by atoms with E-state index >= 15 is 0 Å². The number of aromatic nitrogens is 3. The summed E-state index contributed by atoms with van der Waals surface area (Å²) in [6, 6.07) is 6.03. The third-order valence-corrected chi connectivity index (χ3v) is 2.68. The Balaban J connectivity index is 2.69. The summed E-state index contributed by atoms with van der Waals surface area (Å²) in [6.45, 7) is 6.51. The van der Waals surface area contributed by atoms with Crippen LogP contribution in [0.1, 0.15) is 26.3 Å². The second-order valence-corrected chi connectivity index (χ2v) is 4.95. The van der Waals surface area contributed by atoms with Crippen molar-refractivity contribution in [2.24, 2.45) is 0 Å². The summed E-state index contributed by atoms with van der Waals surface area (Å²) in [5.41, 5.74) is 2.16. The van der Waals surface area contributed by atoms with Crippen LogP contribution >= 0.6 is 0 Å². The molecule has 0 fully saturated rings. The van der Waals surface area contributed by atoms with Gasteiger partial charge in [0.25, 0.3) is 0 Å². The molecule has 0 atom stereocenters. The number of para-hydroxylation sites is 1. The summed E-state index contributed by atoms with van der Waals surface area (Å²) in [4.78, 5) is 0. The molecule has 2 rings (SSSR count). The first-order chi connectivity index (χ1) is 8.04. The fourth-order valence-corrected chi connectivity index (χ4v) is 1.86. The molecule has 0 bridgehead atoms. The van der Waals surface area contributed by atoms with Gasteiger partial charge in [0.15, 0.2) is 0 Å². The van der Waals surface area contributed by atoms with Crippen molar-refractivity contribution in [2.45, 2.75) is 26.2 Å². The van der Waals surface area contributed by atoms with E-state index in [1.54, 1.807) is 18.0 Å². The van der Waals surface area contributed by atoms with Crippen LogP contribution in [0.5, 0.6) is 5.75 Å².